The van der Waals surface area contributed by atoms with Crippen LogP contribution in [0.4, 0.5) is 5.82 Å². The number of hydrogen-bond donors (Lipinski definition) is 1. The van der Waals surface area contributed by atoms with Crippen molar-refractivity contribution >= 4 is 5.82 Å². The molecule has 3 rings (SSSR count). The summed E-state index contributed by atoms with van der Waals surface area (Å²) in [5.74, 6) is 1.48. The van der Waals surface area contributed by atoms with E-state index in [0.29, 0.717) is 12.0 Å². The van der Waals surface area contributed by atoms with E-state index in [-0.39, 0.29) is 6.10 Å². The van der Waals surface area contributed by atoms with E-state index in [4.69, 9.17) is 0 Å². The molecule has 2 aliphatic rings. The van der Waals surface area contributed by atoms with Crippen LogP contribution >= 0.6 is 0 Å². The summed E-state index contributed by atoms with van der Waals surface area (Å²) in [5.41, 5.74) is 0. The molecule has 0 radical (unpaired) electrons. The lowest BCUT2D eigenvalue weighted by atomic mass is 9.85. The monoisotopic (exact) mass is 318 g/mol. The van der Waals surface area contributed by atoms with Crippen molar-refractivity contribution in [3.63, 3.8) is 0 Å². The zero-order valence-electron chi connectivity index (χ0n) is 14.3. The molecule has 1 aromatic heterocycles. The number of aromatic nitrogens is 2. The summed E-state index contributed by atoms with van der Waals surface area (Å²) in [6.07, 6.45) is 10.2. The largest absolute Gasteiger partial charge is 0.392 e. The molecular formula is C18H30N4O. The molecule has 5 nitrogen and oxygen atoms in total. The minimum Gasteiger partial charge on any atom is -0.392 e. The number of likely N-dealkylation sites (tertiary alicyclic amines) is 1. The summed E-state index contributed by atoms with van der Waals surface area (Å²) in [7, 11) is 2.11. The molecule has 128 valence electrons. The highest BCUT2D eigenvalue weighted by atomic mass is 16.3. The Hall–Kier alpha value is -1.20. The minimum absolute atomic E-state index is 0.135. The van der Waals surface area contributed by atoms with Crippen molar-refractivity contribution in [2.75, 3.05) is 31.6 Å². The Labute approximate surface area is 139 Å². The van der Waals surface area contributed by atoms with Crippen molar-refractivity contribution in [1.82, 2.24) is 15.1 Å². The highest BCUT2D eigenvalue weighted by Gasteiger charge is 2.27. The van der Waals surface area contributed by atoms with E-state index in [0.717, 1.165) is 38.3 Å². The third-order valence-electron chi connectivity index (χ3n) is 5.66. The number of aliphatic hydroxyl groups excluding tert-OH is 1. The van der Waals surface area contributed by atoms with Crippen LogP contribution in [0.25, 0.3) is 0 Å². The van der Waals surface area contributed by atoms with Crippen LogP contribution in [0.1, 0.15) is 44.9 Å². The highest BCUT2D eigenvalue weighted by molar-refractivity contribution is 5.36. The molecule has 1 unspecified atom stereocenters. The molecule has 1 aliphatic carbocycles. The van der Waals surface area contributed by atoms with E-state index in [1.807, 2.05) is 12.1 Å². The van der Waals surface area contributed by atoms with Crippen LogP contribution in [0.5, 0.6) is 0 Å². The average Bonchev–Trinajstić information content (AvgIpc) is 2.63. The molecule has 23 heavy (non-hydrogen) atoms. The first kappa shape index (κ1) is 16.7. The maximum absolute atomic E-state index is 10.5. The Bertz CT molecular complexity index is 455. The molecule has 0 aromatic carbocycles. The van der Waals surface area contributed by atoms with Gasteiger partial charge in [-0.25, -0.2) is 0 Å². The SMILES string of the molecule is CN(c1cccnn1)C1CCN(CC(O)C2CCCCC2)CC1. The Balaban J connectivity index is 1.44. The molecule has 1 aliphatic heterocycles. The van der Waals surface area contributed by atoms with Gasteiger partial charge < -0.3 is 14.9 Å². The van der Waals surface area contributed by atoms with Gasteiger partial charge in [-0.1, -0.05) is 19.3 Å². The maximum atomic E-state index is 10.5. The van der Waals surface area contributed by atoms with Gasteiger partial charge in [0.25, 0.3) is 0 Å². The van der Waals surface area contributed by atoms with Gasteiger partial charge in [-0.2, -0.15) is 5.10 Å². The number of nitrogens with zero attached hydrogens (tertiary/aromatic N) is 4. The number of hydrogen-bond acceptors (Lipinski definition) is 5. The molecule has 0 bridgehead atoms. The lowest BCUT2D eigenvalue weighted by molar-refractivity contribution is 0.0401. The van der Waals surface area contributed by atoms with Gasteiger partial charge in [-0.15, -0.1) is 5.10 Å². The highest BCUT2D eigenvalue weighted by Crippen LogP contribution is 2.27. The first-order valence-corrected chi connectivity index (χ1v) is 9.15. The lowest BCUT2D eigenvalue weighted by Gasteiger charge is -2.39. The molecule has 1 aromatic rings. The van der Waals surface area contributed by atoms with Crippen LogP contribution in [0.3, 0.4) is 0 Å². The number of rotatable bonds is 5. The van der Waals surface area contributed by atoms with Crippen molar-refractivity contribution in [3.8, 4) is 0 Å². The van der Waals surface area contributed by atoms with Gasteiger partial charge in [-0.3, -0.25) is 0 Å². The molecule has 0 spiro atoms. The maximum Gasteiger partial charge on any atom is 0.151 e. The Morgan fingerprint density at radius 1 is 1.22 bits per heavy atom. The van der Waals surface area contributed by atoms with Crippen molar-refractivity contribution in [1.29, 1.82) is 0 Å². The third kappa shape index (κ3) is 4.42. The van der Waals surface area contributed by atoms with Crippen LogP contribution in [0.2, 0.25) is 0 Å². The van der Waals surface area contributed by atoms with E-state index in [9.17, 15) is 5.11 Å². The van der Waals surface area contributed by atoms with Gasteiger partial charge in [0.1, 0.15) is 0 Å². The molecular weight excluding hydrogens is 288 g/mol. The molecule has 5 heteroatoms. The number of anilines is 1. The average molecular weight is 318 g/mol. The quantitative estimate of drug-likeness (QED) is 0.903. The summed E-state index contributed by atoms with van der Waals surface area (Å²) in [6, 6.07) is 4.48. The summed E-state index contributed by atoms with van der Waals surface area (Å²) in [6.45, 7) is 2.99. The Morgan fingerprint density at radius 3 is 2.61 bits per heavy atom. The first-order chi connectivity index (χ1) is 11.2. The van der Waals surface area contributed by atoms with Crippen molar-refractivity contribution in [3.05, 3.63) is 18.3 Å². The fourth-order valence-electron chi connectivity index (χ4n) is 4.09. The summed E-state index contributed by atoms with van der Waals surface area (Å²) in [4.78, 5) is 4.70. The second-order valence-electron chi connectivity index (χ2n) is 7.19. The van der Waals surface area contributed by atoms with Crippen LogP contribution in [0.15, 0.2) is 18.3 Å². The Kier molecular flexibility index (Phi) is 5.84. The van der Waals surface area contributed by atoms with Crippen molar-refractivity contribution < 1.29 is 5.11 Å². The molecule has 1 saturated carbocycles. The van der Waals surface area contributed by atoms with E-state index in [1.165, 1.54) is 32.1 Å². The topological polar surface area (TPSA) is 52.5 Å². The normalized spacial score (nSPS) is 22.9. The van der Waals surface area contributed by atoms with Crippen LogP contribution in [-0.2, 0) is 0 Å². The molecule has 2 heterocycles. The predicted molar refractivity (Wildman–Crippen MR) is 92.5 cm³/mol. The summed E-state index contributed by atoms with van der Waals surface area (Å²) >= 11 is 0. The second kappa shape index (κ2) is 8.06. The fourth-order valence-corrected chi connectivity index (χ4v) is 4.09. The van der Waals surface area contributed by atoms with Gasteiger partial charge >= 0.3 is 0 Å². The van der Waals surface area contributed by atoms with E-state index in [1.54, 1.807) is 6.20 Å². The summed E-state index contributed by atoms with van der Waals surface area (Å²) < 4.78 is 0. The minimum atomic E-state index is -0.135. The van der Waals surface area contributed by atoms with E-state index < -0.39 is 0 Å². The standard InChI is InChI=1S/C18H30N4O/c1-21(18-8-5-11-19-20-18)16-9-12-22(13-10-16)14-17(23)15-6-3-2-4-7-15/h5,8,11,15-17,23H,2-4,6-7,9-10,12-14H2,1H3. The van der Waals surface area contributed by atoms with E-state index in [2.05, 4.69) is 27.0 Å². The van der Waals surface area contributed by atoms with Crippen LogP contribution in [-0.4, -0.2) is 59.0 Å². The predicted octanol–water partition coefficient (Wildman–Crippen LogP) is 2.32. The van der Waals surface area contributed by atoms with Crippen LogP contribution < -0.4 is 4.90 Å². The molecule has 0 amide bonds. The Morgan fingerprint density at radius 2 is 1.96 bits per heavy atom. The molecule has 2 fully saturated rings. The van der Waals surface area contributed by atoms with Crippen LogP contribution in [0, 0.1) is 5.92 Å². The first-order valence-electron chi connectivity index (χ1n) is 9.15. The van der Waals surface area contributed by atoms with Gasteiger partial charge in [0.2, 0.25) is 0 Å². The number of piperidine rings is 1. The zero-order chi connectivity index (χ0) is 16.1. The molecule has 1 N–H and O–H groups in total. The molecule has 1 atom stereocenters. The van der Waals surface area contributed by atoms with Crippen molar-refractivity contribution in [2.24, 2.45) is 5.92 Å². The molecule has 1 saturated heterocycles. The second-order valence-corrected chi connectivity index (χ2v) is 7.19. The number of β-amino-alcohol motifs (C(OH)–C–C–N with tert-alkyl or cyclic N) is 1. The lowest BCUT2D eigenvalue weighted by Crippen LogP contribution is -2.47. The zero-order valence-corrected chi connectivity index (χ0v) is 14.3. The smallest absolute Gasteiger partial charge is 0.151 e. The van der Waals surface area contributed by atoms with Gasteiger partial charge in [0.15, 0.2) is 5.82 Å². The van der Waals surface area contributed by atoms with Crippen molar-refractivity contribution in [2.45, 2.75) is 57.1 Å². The third-order valence-corrected chi connectivity index (χ3v) is 5.66. The number of aliphatic hydroxyl groups is 1. The van der Waals surface area contributed by atoms with Gasteiger partial charge in [0, 0.05) is 38.9 Å². The van der Waals surface area contributed by atoms with Gasteiger partial charge in [0.05, 0.1) is 6.10 Å². The van der Waals surface area contributed by atoms with Gasteiger partial charge in [-0.05, 0) is 43.7 Å². The van der Waals surface area contributed by atoms with E-state index >= 15 is 0 Å². The fraction of sp³-hybridized carbons (Fsp3) is 0.778. The summed E-state index contributed by atoms with van der Waals surface area (Å²) in [5, 5.41) is 18.7.